The van der Waals surface area contributed by atoms with E-state index in [-0.39, 0.29) is 12.0 Å². The molecule has 6 heteroatoms. The van der Waals surface area contributed by atoms with Crippen molar-refractivity contribution in [3.05, 3.63) is 24.5 Å². The zero-order valence-electron chi connectivity index (χ0n) is 11.5. The number of amides is 1. The maximum atomic E-state index is 12.3. The molecule has 2 aliphatic heterocycles. The summed E-state index contributed by atoms with van der Waals surface area (Å²) in [5.74, 6) is 0.117. The van der Waals surface area contributed by atoms with Crippen LogP contribution in [0, 0.1) is 0 Å². The molecule has 2 aliphatic rings. The van der Waals surface area contributed by atoms with E-state index in [2.05, 4.69) is 15.2 Å². The van der Waals surface area contributed by atoms with Gasteiger partial charge in [-0.1, -0.05) is 0 Å². The second-order valence-corrected chi connectivity index (χ2v) is 5.08. The number of rotatable bonds is 2. The van der Waals surface area contributed by atoms with Crippen molar-refractivity contribution in [1.82, 2.24) is 15.2 Å². The van der Waals surface area contributed by atoms with Crippen molar-refractivity contribution in [1.29, 1.82) is 0 Å². The highest BCUT2D eigenvalue weighted by molar-refractivity contribution is 5.81. The standard InChI is InChI=1S/C14H20N4O2/c19-14(13-11-16-5-10-20-13)18-8-6-17(7-9-18)12-1-3-15-4-2-12/h1-4,13,16H,5-11H2/t13-/m0/s1. The first-order valence-corrected chi connectivity index (χ1v) is 7.11. The van der Waals surface area contributed by atoms with E-state index in [0.717, 1.165) is 32.7 Å². The predicted molar refractivity (Wildman–Crippen MR) is 75.6 cm³/mol. The summed E-state index contributed by atoms with van der Waals surface area (Å²) in [5, 5.41) is 3.20. The summed E-state index contributed by atoms with van der Waals surface area (Å²) >= 11 is 0. The monoisotopic (exact) mass is 276 g/mol. The maximum Gasteiger partial charge on any atom is 0.253 e. The largest absolute Gasteiger partial charge is 0.368 e. The van der Waals surface area contributed by atoms with Crippen molar-refractivity contribution < 1.29 is 9.53 Å². The van der Waals surface area contributed by atoms with Crippen LogP contribution in [-0.2, 0) is 9.53 Å². The Morgan fingerprint density at radius 2 is 2.00 bits per heavy atom. The van der Waals surface area contributed by atoms with Crippen LogP contribution < -0.4 is 10.2 Å². The number of carbonyl (C=O) groups is 1. The quantitative estimate of drug-likeness (QED) is 0.805. The van der Waals surface area contributed by atoms with Gasteiger partial charge in [0.25, 0.3) is 5.91 Å². The second-order valence-electron chi connectivity index (χ2n) is 5.08. The summed E-state index contributed by atoms with van der Waals surface area (Å²) < 4.78 is 5.53. The van der Waals surface area contributed by atoms with E-state index in [1.165, 1.54) is 5.69 Å². The molecule has 2 saturated heterocycles. The molecule has 0 bridgehead atoms. The van der Waals surface area contributed by atoms with Gasteiger partial charge in [0.2, 0.25) is 0 Å². The summed E-state index contributed by atoms with van der Waals surface area (Å²) in [6.07, 6.45) is 3.29. The molecule has 0 radical (unpaired) electrons. The second kappa shape index (κ2) is 6.19. The first kappa shape index (κ1) is 13.3. The number of hydrogen-bond acceptors (Lipinski definition) is 5. The third-order valence-corrected chi connectivity index (χ3v) is 3.82. The van der Waals surface area contributed by atoms with Gasteiger partial charge in [-0.25, -0.2) is 0 Å². The highest BCUT2D eigenvalue weighted by Crippen LogP contribution is 2.15. The average Bonchev–Trinajstić information content (AvgIpc) is 2.56. The first-order chi connectivity index (χ1) is 9.84. The topological polar surface area (TPSA) is 57.7 Å². The van der Waals surface area contributed by atoms with Crippen molar-refractivity contribution in [2.75, 3.05) is 50.8 Å². The number of ether oxygens (including phenoxy) is 1. The van der Waals surface area contributed by atoms with Crippen molar-refractivity contribution in [2.24, 2.45) is 0 Å². The van der Waals surface area contributed by atoms with Gasteiger partial charge in [0.05, 0.1) is 6.61 Å². The summed E-state index contributed by atoms with van der Waals surface area (Å²) in [6, 6.07) is 4.01. The van der Waals surface area contributed by atoms with Crippen LogP contribution in [-0.4, -0.2) is 67.8 Å². The Balaban J connectivity index is 1.54. The van der Waals surface area contributed by atoms with Crippen LogP contribution in [0.3, 0.4) is 0 Å². The van der Waals surface area contributed by atoms with Crippen molar-refractivity contribution in [3.8, 4) is 0 Å². The minimum atomic E-state index is -0.309. The van der Waals surface area contributed by atoms with Gasteiger partial charge in [0.1, 0.15) is 6.10 Å². The van der Waals surface area contributed by atoms with Crippen LogP contribution in [0.2, 0.25) is 0 Å². The number of aromatic nitrogens is 1. The van der Waals surface area contributed by atoms with Crippen molar-refractivity contribution >= 4 is 11.6 Å². The van der Waals surface area contributed by atoms with Crippen LogP contribution in [0.25, 0.3) is 0 Å². The molecule has 1 atom stereocenters. The van der Waals surface area contributed by atoms with Gasteiger partial charge in [-0.15, -0.1) is 0 Å². The number of anilines is 1. The molecule has 0 aromatic carbocycles. The fourth-order valence-corrected chi connectivity index (χ4v) is 2.67. The number of nitrogens with zero attached hydrogens (tertiary/aromatic N) is 3. The molecule has 1 aromatic rings. The van der Waals surface area contributed by atoms with Gasteiger partial charge < -0.3 is 19.9 Å². The first-order valence-electron chi connectivity index (χ1n) is 7.11. The van der Waals surface area contributed by atoms with E-state index in [1.54, 1.807) is 12.4 Å². The zero-order valence-corrected chi connectivity index (χ0v) is 11.5. The van der Waals surface area contributed by atoms with E-state index in [1.807, 2.05) is 17.0 Å². The fraction of sp³-hybridized carbons (Fsp3) is 0.571. The van der Waals surface area contributed by atoms with Gasteiger partial charge in [-0.05, 0) is 12.1 Å². The van der Waals surface area contributed by atoms with Crippen molar-refractivity contribution in [2.45, 2.75) is 6.10 Å². The normalized spacial score (nSPS) is 23.7. The summed E-state index contributed by atoms with van der Waals surface area (Å²) in [4.78, 5) is 20.6. The third kappa shape index (κ3) is 2.91. The molecule has 2 fully saturated rings. The minimum Gasteiger partial charge on any atom is -0.368 e. The lowest BCUT2D eigenvalue weighted by Crippen LogP contribution is -2.55. The molecule has 3 heterocycles. The molecule has 0 saturated carbocycles. The van der Waals surface area contributed by atoms with E-state index in [9.17, 15) is 4.79 Å². The van der Waals surface area contributed by atoms with E-state index in [0.29, 0.717) is 13.2 Å². The molecule has 0 spiro atoms. The number of pyridine rings is 1. The molecular formula is C14H20N4O2. The van der Waals surface area contributed by atoms with Gasteiger partial charge in [0, 0.05) is 57.3 Å². The van der Waals surface area contributed by atoms with E-state index >= 15 is 0 Å². The smallest absolute Gasteiger partial charge is 0.253 e. The van der Waals surface area contributed by atoms with Crippen LogP contribution in [0.4, 0.5) is 5.69 Å². The van der Waals surface area contributed by atoms with Crippen LogP contribution in [0.15, 0.2) is 24.5 Å². The highest BCUT2D eigenvalue weighted by Gasteiger charge is 2.29. The number of hydrogen-bond donors (Lipinski definition) is 1. The lowest BCUT2D eigenvalue weighted by atomic mass is 10.2. The van der Waals surface area contributed by atoms with Crippen LogP contribution in [0.5, 0.6) is 0 Å². The molecule has 6 nitrogen and oxygen atoms in total. The Hall–Kier alpha value is -1.66. The minimum absolute atomic E-state index is 0.117. The maximum absolute atomic E-state index is 12.3. The SMILES string of the molecule is O=C([C@@H]1CNCCO1)N1CCN(c2ccncc2)CC1. The Labute approximate surface area is 118 Å². The molecule has 108 valence electrons. The van der Waals surface area contributed by atoms with Crippen molar-refractivity contribution in [3.63, 3.8) is 0 Å². The number of nitrogens with one attached hydrogen (secondary N) is 1. The molecule has 1 amide bonds. The van der Waals surface area contributed by atoms with Crippen LogP contribution in [0.1, 0.15) is 0 Å². The number of piperazine rings is 1. The highest BCUT2D eigenvalue weighted by atomic mass is 16.5. The summed E-state index contributed by atoms with van der Waals surface area (Å²) in [6.45, 7) is 5.30. The summed E-state index contributed by atoms with van der Waals surface area (Å²) in [7, 11) is 0. The van der Waals surface area contributed by atoms with Gasteiger partial charge in [-0.3, -0.25) is 9.78 Å². The third-order valence-electron chi connectivity index (χ3n) is 3.82. The van der Waals surface area contributed by atoms with Gasteiger partial charge >= 0.3 is 0 Å². The van der Waals surface area contributed by atoms with Gasteiger partial charge in [0.15, 0.2) is 0 Å². The average molecular weight is 276 g/mol. The number of morpholine rings is 1. The predicted octanol–water partition coefficient (Wildman–Crippen LogP) is -0.281. The fourth-order valence-electron chi connectivity index (χ4n) is 2.67. The molecule has 1 aromatic heterocycles. The molecule has 20 heavy (non-hydrogen) atoms. The Morgan fingerprint density at radius 3 is 2.65 bits per heavy atom. The Kier molecular flexibility index (Phi) is 4.13. The number of carbonyl (C=O) groups excluding carboxylic acids is 1. The Morgan fingerprint density at radius 1 is 1.25 bits per heavy atom. The lowest BCUT2D eigenvalue weighted by molar-refractivity contribution is -0.145. The molecule has 0 unspecified atom stereocenters. The molecule has 1 N–H and O–H groups in total. The van der Waals surface area contributed by atoms with E-state index in [4.69, 9.17) is 4.74 Å². The molecule has 3 rings (SSSR count). The van der Waals surface area contributed by atoms with Gasteiger partial charge in [-0.2, -0.15) is 0 Å². The Bertz CT molecular complexity index is 440. The molecular weight excluding hydrogens is 256 g/mol. The molecule has 0 aliphatic carbocycles. The zero-order chi connectivity index (χ0) is 13.8. The van der Waals surface area contributed by atoms with Crippen LogP contribution >= 0.6 is 0 Å². The van der Waals surface area contributed by atoms with E-state index < -0.39 is 0 Å². The summed E-state index contributed by atoms with van der Waals surface area (Å²) in [5.41, 5.74) is 1.17. The lowest BCUT2D eigenvalue weighted by Gasteiger charge is -2.38.